The van der Waals surface area contributed by atoms with Gasteiger partial charge in [-0.3, -0.25) is 4.79 Å². The van der Waals surface area contributed by atoms with Crippen LogP contribution in [-0.2, 0) is 11.3 Å². The number of hydrogen-bond donors (Lipinski definition) is 1. The number of carbonyl (C=O) groups excluding carboxylic acids is 1. The van der Waals surface area contributed by atoms with Crippen molar-refractivity contribution in [2.75, 3.05) is 54.6 Å². The maximum Gasteiger partial charge on any atom is 0.246 e. The van der Waals surface area contributed by atoms with Crippen molar-refractivity contribution in [3.63, 3.8) is 0 Å². The van der Waals surface area contributed by atoms with E-state index >= 15 is 0 Å². The zero-order valence-corrected chi connectivity index (χ0v) is 18.6. The SMILES string of the molecule is COc1ccccc1/C=C/C(=O)N1CC[NH+](Cc2ccc(OC)c(OC)c2OC)CC1. The Balaban J connectivity index is 1.60. The average Bonchev–Trinajstić information content (AvgIpc) is 2.82. The van der Waals surface area contributed by atoms with Crippen molar-refractivity contribution < 1.29 is 28.6 Å². The molecule has 1 amide bonds. The molecule has 1 heterocycles. The summed E-state index contributed by atoms with van der Waals surface area (Å²) in [5, 5.41) is 0. The Kier molecular flexibility index (Phi) is 7.78. The number of methoxy groups -OCH3 is 4. The summed E-state index contributed by atoms with van der Waals surface area (Å²) in [6, 6.07) is 11.6. The lowest BCUT2D eigenvalue weighted by atomic mass is 10.1. The van der Waals surface area contributed by atoms with Crippen molar-refractivity contribution in [2.24, 2.45) is 0 Å². The molecule has 0 aromatic heterocycles. The zero-order valence-electron chi connectivity index (χ0n) is 18.6. The minimum atomic E-state index is 0.0219. The van der Waals surface area contributed by atoms with Crippen molar-refractivity contribution in [1.82, 2.24) is 4.90 Å². The summed E-state index contributed by atoms with van der Waals surface area (Å²) in [5.74, 6) is 2.73. The van der Waals surface area contributed by atoms with Crippen LogP contribution in [0.15, 0.2) is 42.5 Å². The summed E-state index contributed by atoms with van der Waals surface area (Å²) < 4.78 is 21.8. The highest BCUT2D eigenvalue weighted by Gasteiger charge is 2.25. The molecule has 7 heteroatoms. The number of ether oxygens (including phenoxy) is 4. The fraction of sp³-hybridized carbons (Fsp3) is 0.375. The van der Waals surface area contributed by atoms with E-state index in [4.69, 9.17) is 18.9 Å². The van der Waals surface area contributed by atoms with E-state index < -0.39 is 0 Å². The first-order chi connectivity index (χ1) is 15.1. The quantitative estimate of drug-likeness (QED) is 0.650. The summed E-state index contributed by atoms with van der Waals surface area (Å²) in [6.07, 6.45) is 3.44. The minimum Gasteiger partial charge on any atom is -0.496 e. The Hall–Kier alpha value is -3.19. The van der Waals surface area contributed by atoms with E-state index in [0.717, 1.165) is 36.5 Å². The molecule has 1 aliphatic heterocycles. The van der Waals surface area contributed by atoms with Gasteiger partial charge in [0.1, 0.15) is 12.3 Å². The summed E-state index contributed by atoms with van der Waals surface area (Å²) >= 11 is 0. The third-order valence-corrected chi connectivity index (χ3v) is 5.55. The Bertz CT molecular complexity index is 920. The largest absolute Gasteiger partial charge is 0.496 e. The molecule has 31 heavy (non-hydrogen) atoms. The molecule has 0 aliphatic carbocycles. The van der Waals surface area contributed by atoms with E-state index in [-0.39, 0.29) is 5.91 Å². The van der Waals surface area contributed by atoms with Crippen molar-refractivity contribution in [2.45, 2.75) is 6.54 Å². The Morgan fingerprint density at radius 3 is 2.23 bits per heavy atom. The van der Waals surface area contributed by atoms with Crippen LogP contribution in [0.25, 0.3) is 6.08 Å². The molecule has 3 rings (SSSR count). The van der Waals surface area contributed by atoms with Gasteiger partial charge in [-0.15, -0.1) is 0 Å². The molecule has 0 bridgehead atoms. The average molecular weight is 428 g/mol. The number of amides is 1. The molecule has 166 valence electrons. The number of para-hydroxylation sites is 1. The third-order valence-electron chi connectivity index (χ3n) is 5.55. The lowest BCUT2D eigenvalue weighted by molar-refractivity contribution is -0.917. The highest BCUT2D eigenvalue weighted by atomic mass is 16.5. The number of hydrogen-bond acceptors (Lipinski definition) is 5. The molecule has 2 aromatic carbocycles. The lowest BCUT2D eigenvalue weighted by Gasteiger charge is -2.32. The molecule has 1 N–H and O–H groups in total. The summed E-state index contributed by atoms with van der Waals surface area (Å²) in [4.78, 5) is 15.9. The molecule has 1 saturated heterocycles. The van der Waals surface area contributed by atoms with Gasteiger partial charge in [0.25, 0.3) is 0 Å². The number of quaternary nitrogens is 1. The Morgan fingerprint density at radius 2 is 1.58 bits per heavy atom. The van der Waals surface area contributed by atoms with Crippen LogP contribution in [0, 0.1) is 0 Å². The van der Waals surface area contributed by atoms with Gasteiger partial charge in [0.05, 0.1) is 60.2 Å². The van der Waals surface area contributed by atoms with E-state index in [9.17, 15) is 4.79 Å². The van der Waals surface area contributed by atoms with Gasteiger partial charge in [-0.2, -0.15) is 0 Å². The molecular weight excluding hydrogens is 396 g/mol. The number of carbonyl (C=O) groups is 1. The topological polar surface area (TPSA) is 61.7 Å². The first-order valence-corrected chi connectivity index (χ1v) is 10.3. The van der Waals surface area contributed by atoms with Crippen LogP contribution in [-0.4, -0.2) is 65.4 Å². The predicted molar refractivity (Wildman–Crippen MR) is 119 cm³/mol. The monoisotopic (exact) mass is 427 g/mol. The van der Waals surface area contributed by atoms with Crippen molar-refractivity contribution >= 4 is 12.0 Å². The van der Waals surface area contributed by atoms with Crippen LogP contribution in [0.4, 0.5) is 0 Å². The fourth-order valence-electron chi connectivity index (χ4n) is 3.86. The van der Waals surface area contributed by atoms with E-state index in [1.165, 1.54) is 4.90 Å². The number of rotatable bonds is 8. The minimum absolute atomic E-state index is 0.0219. The standard InChI is InChI=1S/C24H30N2O5/c1-28-20-8-6-5-7-18(20)10-12-22(27)26-15-13-25(14-16-26)17-19-9-11-21(29-2)24(31-4)23(19)30-3/h5-12H,13-17H2,1-4H3/p+1/b12-10+. The highest BCUT2D eigenvalue weighted by molar-refractivity contribution is 5.92. The van der Waals surface area contributed by atoms with Gasteiger partial charge in [-0.05, 0) is 24.3 Å². The molecule has 1 fully saturated rings. The second-order valence-corrected chi connectivity index (χ2v) is 7.32. The molecule has 7 nitrogen and oxygen atoms in total. The lowest BCUT2D eigenvalue weighted by Crippen LogP contribution is -3.13. The molecule has 0 radical (unpaired) electrons. The van der Waals surface area contributed by atoms with Crippen LogP contribution in [0.2, 0.25) is 0 Å². The number of piperazine rings is 1. The van der Waals surface area contributed by atoms with E-state index in [1.807, 2.05) is 47.4 Å². The maximum atomic E-state index is 12.6. The van der Waals surface area contributed by atoms with E-state index in [1.54, 1.807) is 34.5 Å². The smallest absolute Gasteiger partial charge is 0.246 e. The second-order valence-electron chi connectivity index (χ2n) is 7.32. The van der Waals surface area contributed by atoms with Crippen molar-refractivity contribution in [3.05, 3.63) is 53.6 Å². The predicted octanol–water partition coefficient (Wildman–Crippen LogP) is 1.66. The summed E-state index contributed by atoms with van der Waals surface area (Å²) in [6.45, 7) is 3.94. The first-order valence-electron chi connectivity index (χ1n) is 10.3. The Morgan fingerprint density at radius 1 is 0.903 bits per heavy atom. The van der Waals surface area contributed by atoms with Crippen LogP contribution in [0.1, 0.15) is 11.1 Å². The van der Waals surface area contributed by atoms with E-state index in [0.29, 0.717) is 30.3 Å². The van der Waals surface area contributed by atoms with Gasteiger partial charge in [0.2, 0.25) is 11.7 Å². The molecule has 1 aliphatic rings. The normalized spacial score (nSPS) is 14.5. The molecule has 0 unspecified atom stereocenters. The highest BCUT2D eigenvalue weighted by Crippen LogP contribution is 2.39. The molecular formula is C24H31N2O5+. The third kappa shape index (κ3) is 5.30. The van der Waals surface area contributed by atoms with Gasteiger partial charge in [-0.1, -0.05) is 18.2 Å². The van der Waals surface area contributed by atoms with Crippen LogP contribution in [0.5, 0.6) is 23.0 Å². The molecule has 0 atom stereocenters. The van der Waals surface area contributed by atoms with Crippen molar-refractivity contribution in [3.8, 4) is 23.0 Å². The van der Waals surface area contributed by atoms with Crippen LogP contribution in [0.3, 0.4) is 0 Å². The summed E-state index contributed by atoms with van der Waals surface area (Å²) in [5.41, 5.74) is 1.95. The summed E-state index contributed by atoms with van der Waals surface area (Å²) in [7, 11) is 6.49. The number of nitrogens with zero attached hydrogens (tertiary/aromatic N) is 1. The molecule has 0 spiro atoms. The number of benzene rings is 2. The van der Waals surface area contributed by atoms with E-state index in [2.05, 4.69) is 0 Å². The van der Waals surface area contributed by atoms with Gasteiger partial charge < -0.3 is 28.7 Å². The van der Waals surface area contributed by atoms with Crippen molar-refractivity contribution in [1.29, 1.82) is 0 Å². The number of nitrogens with one attached hydrogen (secondary N) is 1. The van der Waals surface area contributed by atoms with Crippen LogP contribution >= 0.6 is 0 Å². The van der Waals surface area contributed by atoms with Gasteiger partial charge in [0, 0.05) is 11.6 Å². The first kappa shape index (κ1) is 22.5. The fourth-order valence-corrected chi connectivity index (χ4v) is 3.86. The second kappa shape index (κ2) is 10.7. The Labute approximate surface area is 183 Å². The van der Waals surface area contributed by atoms with Crippen LogP contribution < -0.4 is 23.8 Å². The van der Waals surface area contributed by atoms with Gasteiger partial charge in [-0.25, -0.2) is 0 Å². The zero-order chi connectivity index (χ0) is 22.2. The molecule has 0 saturated carbocycles. The maximum absolute atomic E-state index is 12.6. The van der Waals surface area contributed by atoms with Gasteiger partial charge >= 0.3 is 0 Å². The van der Waals surface area contributed by atoms with Gasteiger partial charge in [0.15, 0.2) is 11.5 Å². The molecule has 2 aromatic rings.